The summed E-state index contributed by atoms with van der Waals surface area (Å²) in [5.41, 5.74) is -1.07. The first-order valence-electron chi connectivity index (χ1n) is 7.07. The van der Waals surface area contributed by atoms with Gasteiger partial charge < -0.3 is 20.5 Å². The van der Waals surface area contributed by atoms with Gasteiger partial charge in [0.2, 0.25) is 0 Å². The van der Waals surface area contributed by atoms with E-state index in [1.165, 1.54) is 0 Å². The topological polar surface area (TPSA) is 87.7 Å². The van der Waals surface area contributed by atoms with E-state index in [0.717, 1.165) is 32.1 Å². The van der Waals surface area contributed by atoms with Crippen molar-refractivity contribution in [3.05, 3.63) is 0 Å². The Hall–Kier alpha value is -1.30. The predicted octanol–water partition coefficient (Wildman–Crippen LogP) is 1.00. The summed E-state index contributed by atoms with van der Waals surface area (Å²) in [6, 6.07) is -0.337. The first kappa shape index (κ1) is 12.7. The van der Waals surface area contributed by atoms with Gasteiger partial charge in [0, 0.05) is 0 Å². The maximum Gasteiger partial charge on any atom is 0.329 e. The minimum absolute atomic E-state index is 0.0333. The lowest BCUT2D eigenvalue weighted by Crippen LogP contribution is -2.57. The molecule has 3 fully saturated rings. The number of carbonyl (C=O) groups is 2. The minimum atomic E-state index is -1.07. The molecule has 1 aliphatic carbocycles. The van der Waals surface area contributed by atoms with Crippen LogP contribution in [-0.4, -0.2) is 40.9 Å². The fraction of sp³-hybridized carbons (Fsp3) is 0.846. The van der Waals surface area contributed by atoms with Crippen molar-refractivity contribution >= 4 is 12.0 Å². The summed E-state index contributed by atoms with van der Waals surface area (Å²) < 4.78 is 5.67. The van der Waals surface area contributed by atoms with Gasteiger partial charge in [0.25, 0.3) is 0 Å². The highest BCUT2D eigenvalue weighted by molar-refractivity contribution is 5.86. The van der Waals surface area contributed by atoms with Gasteiger partial charge in [-0.3, -0.25) is 0 Å². The summed E-state index contributed by atoms with van der Waals surface area (Å²) in [6.45, 7) is 0. The van der Waals surface area contributed by atoms with Gasteiger partial charge in [0.05, 0.1) is 18.2 Å². The second-order valence-electron chi connectivity index (χ2n) is 5.91. The second-order valence-corrected chi connectivity index (χ2v) is 5.91. The fourth-order valence-electron chi connectivity index (χ4n) is 3.58. The number of amides is 2. The smallest absolute Gasteiger partial charge is 0.329 e. The van der Waals surface area contributed by atoms with Crippen LogP contribution in [0.5, 0.6) is 0 Å². The zero-order valence-electron chi connectivity index (χ0n) is 10.9. The Morgan fingerprint density at radius 2 is 1.95 bits per heavy atom. The lowest BCUT2D eigenvalue weighted by Gasteiger charge is -2.27. The molecule has 6 nitrogen and oxygen atoms in total. The highest BCUT2D eigenvalue weighted by Crippen LogP contribution is 2.34. The van der Waals surface area contributed by atoms with Gasteiger partial charge in [0.1, 0.15) is 5.54 Å². The third-order valence-electron chi connectivity index (χ3n) is 4.64. The predicted molar refractivity (Wildman–Crippen MR) is 66.8 cm³/mol. The van der Waals surface area contributed by atoms with Gasteiger partial charge >= 0.3 is 12.0 Å². The number of fused-ring (bicyclic) bond motifs is 2. The van der Waals surface area contributed by atoms with Crippen LogP contribution in [0.25, 0.3) is 0 Å². The van der Waals surface area contributed by atoms with Gasteiger partial charge in [-0.15, -0.1) is 0 Å². The average Bonchev–Trinajstić information content (AvgIpc) is 3.04. The molecule has 3 aliphatic rings. The number of carboxylic acid groups (broad SMARTS) is 1. The van der Waals surface area contributed by atoms with E-state index in [1.54, 1.807) is 0 Å². The average molecular weight is 268 g/mol. The van der Waals surface area contributed by atoms with Gasteiger partial charge in [-0.05, 0) is 32.1 Å². The zero-order chi connectivity index (χ0) is 13.5. The van der Waals surface area contributed by atoms with Crippen molar-refractivity contribution in [2.75, 3.05) is 0 Å². The van der Waals surface area contributed by atoms with Crippen molar-refractivity contribution < 1.29 is 19.4 Å². The third kappa shape index (κ3) is 2.29. The molecule has 2 amide bonds. The summed E-state index contributed by atoms with van der Waals surface area (Å²) >= 11 is 0. The highest BCUT2D eigenvalue weighted by atomic mass is 16.5. The fourth-order valence-corrected chi connectivity index (χ4v) is 3.58. The molecular formula is C13H20N2O4. The van der Waals surface area contributed by atoms with E-state index < -0.39 is 11.5 Å². The van der Waals surface area contributed by atoms with Crippen molar-refractivity contribution in [2.24, 2.45) is 0 Å². The Bertz CT molecular complexity index is 392. The number of hydrogen-bond donors (Lipinski definition) is 3. The highest BCUT2D eigenvalue weighted by Gasteiger charge is 2.45. The molecule has 0 spiro atoms. The lowest BCUT2D eigenvalue weighted by atomic mass is 9.95. The van der Waals surface area contributed by atoms with E-state index in [0.29, 0.717) is 12.8 Å². The van der Waals surface area contributed by atoms with Crippen molar-refractivity contribution in [1.29, 1.82) is 0 Å². The molecule has 0 aromatic carbocycles. The molecule has 2 bridgehead atoms. The number of urea groups is 1. The van der Waals surface area contributed by atoms with Gasteiger partial charge in [-0.2, -0.15) is 0 Å². The van der Waals surface area contributed by atoms with Crippen LogP contribution in [0.3, 0.4) is 0 Å². The molecule has 2 heterocycles. The third-order valence-corrected chi connectivity index (χ3v) is 4.64. The molecule has 106 valence electrons. The van der Waals surface area contributed by atoms with Crippen LogP contribution >= 0.6 is 0 Å². The summed E-state index contributed by atoms with van der Waals surface area (Å²) in [7, 11) is 0. The van der Waals surface area contributed by atoms with E-state index >= 15 is 0 Å². The van der Waals surface area contributed by atoms with Crippen LogP contribution in [0.4, 0.5) is 4.79 Å². The number of carboxylic acids is 1. The molecule has 19 heavy (non-hydrogen) atoms. The molecular weight excluding hydrogens is 248 g/mol. The van der Waals surface area contributed by atoms with Crippen LogP contribution in [0, 0.1) is 0 Å². The lowest BCUT2D eigenvalue weighted by molar-refractivity contribution is -0.144. The minimum Gasteiger partial charge on any atom is -0.480 e. The van der Waals surface area contributed by atoms with E-state index in [1.807, 2.05) is 0 Å². The molecule has 3 unspecified atom stereocenters. The summed E-state index contributed by atoms with van der Waals surface area (Å²) in [5, 5.41) is 14.9. The van der Waals surface area contributed by atoms with E-state index in [4.69, 9.17) is 4.74 Å². The maximum absolute atomic E-state index is 12.0. The summed E-state index contributed by atoms with van der Waals surface area (Å²) in [4.78, 5) is 23.4. The standard InChI is InChI=1S/C13H20N2O4/c16-11(17)13(5-1-2-6-13)15-12(18)14-9-7-8-3-4-10(9)19-8/h8-10H,1-7H2,(H,16,17)(H2,14,15,18). The monoisotopic (exact) mass is 268 g/mol. The molecule has 2 saturated heterocycles. The molecule has 2 aliphatic heterocycles. The van der Waals surface area contributed by atoms with E-state index in [9.17, 15) is 14.7 Å². The molecule has 6 heteroatoms. The molecule has 1 saturated carbocycles. The molecule has 0 aromatic heterocycles. The van der Waals surface area contributed by atoms with Crippen LogP contribution in [0.1, 0.15) is 44.9 Å². The molecule has 3 rings (SSSR count). The van der Waals surface area contributed by atoms with E-state index in [-0.39, 0.29) is 24.3 Å². The SMILES string of the molecule is O=C(NC1CC2CCC1O2)NC1(C(=O)O)CCCC1. The zero-order valence-corrected chi connectivity index (χ0v) is 10.9. The summed E-state index contributed by atoms with van der Waals surface area (Å²) in [6.07, 6.45) is 6.02. The molecule has 3 atom stereocenters. The van der Waals surface area contributed by atoms with Gasteiger partial charge in [-0.1, -0.05) is 12.8 Å². The number of carbonyl (C=O) groups excluding carboxylic acids is 1. The number of hydrogen-bond acceptors (Lipinski definition) is 3. The number of ether oxygens (including phenoxy) is 1. The van der Waals surface area contributed by atoms with Crippen LogP contribution in [-0.2, 0) is 9.53 Å². The number of nitrogens with one attached hydrogen (secondary N) is 2. The first-order valence-corrected chi connectivity index (χ1v) is 7.07. The van der Waals surface area contributed by atoms with Crippen molar-refractivity contribution in [2.45, 2.75) is 68.7 Å². The Morgan fingerprint density at radius 3 is 2.47 bits per heavy atom. The second kappa shape index (κ2) is 4.67. The quantitative estimate of drug-likeness (QED) is 0.712. The Balaban J connectivity index is 1.57. The van der Waals surface area contributed by atoms with E-state index in [2.05, 4.69) is 10.6 Å². The van der Waals surface area contributed by atoms with Crippen molar-refractivity contribution in [1.82, 2.24) is 10.6 Å². The van der Waals surface area contributed by atoms with Crippen molar-refractivity contribution in [3.63, 3.8) is 0 Å². The number of rotatable bonds is 3. The Labute approximate surface area is 111 Å². The molecule has 0 aromatic rings. The normalized spacial score (nSPS) is 35.3. The van der Waals surface area contributed by atoms with Crippen LogP contribution in [0.15, 0.2) is 0 Å². The maximum atomic E-state index is 12.0. The van der Waals surface area contributed by atoms with Crippen LogP contribution < -0.4 is 10.6 Å². The largest absolute Gasteiger partial charge is 0.480 e. The first-order chi connectivity index (χ1) is 9.09. The summed E-state index contributed by atoms with van der Waals surface area (Å²) in [5.74, 6) is -0.927. The van der Waals surface area contributed by atoms with Gasteiger partial charge in [-0.25, -0.2) is 9.59 Å². The number of aliphatic carboxylic acids is 1. The molecule has 3 N–H and O–H groups in total. The van der Waals surface area contributed by atoms with Crippen LogP contribution in [0.2, 0.25) is 0 Å². The Morgan fingerprint density at radius 1 is 1.21 bits per heavy atom. The molecule has 0 radical (unpaired) electrons. The Kier molecular flexibility index (Phi) is 3.12. The van der Waals surface area contributed by atoms with Crippen molar-refractivity contribution in [3.8, 4) is 0 Å². The van der Waals surface area contributed by atoms with Gasteiger partial charge in [0.15, 0.2) is 0 Å².